The zero-order chi connectivity index (χ0) is 17.2. The van der Waals surface area contributed by atoms with Crippen molar-refractivity contribution in [3.05, 3.63) is 48.3 Å². The van der Waals surface area contributed by atoms with E-state index in [9.17, 15) is 9.90 Å². The molecule has 1 unspecified atom stereocenters. The summed E-state index contributed by atoms with van der Waals surface area (Å²) in [6.45, 7) is 4.62. The minimum Gasteiger partial charge on any atom is -0.388 e. The highest BCUT2D eigenvalue weighted by Crippen LogP contribution is 2.26. The van der Waals surface area contributed by atoms with Crippen LogP contribution in [-0.4, -0.2) is 44.0 Å². The predicted octanol–water partition coefficient (Wildman–Crippen LogP) is 2.32. The molecule has 2 N–H and O–H groups in total. The van der Waals surface area contributed by atoms with E-state index in [1.807, 2.05) is 36.5 Å². The Hall–Kier alpha value is -2.34. The fourth-order valence-corrected chi connectivity index (χ4v) is 3.20. The monoisotopic (exact) mass is 328 g/mol. The number of hydrogen-bond donors (Lipinski definition) is 2. The predicted molar refractivity (Wildman–Crippen MR) is 91.8 cm³/mol. The van der Waals surface area contributed by atoms with E-state index in [4.69, 9.17) is 0 Å². The molecule has 1 aromatic carbocycles. The van der Waals surface area contributed by atoms with Gasteiger partial charge in [-0.1, -0.05) is 18.2 Å². The number of hydrogen-bond acceptors (Lipinski definition) is 3. The van der Waals surface area contributed by atoms with Crippen molar-refractivity contribution in [2.24, 2.45) is 0 Å². The summed E-state index contributed by atoms with van der Waals surface area (Å²) in [6.07, 6.45) is 5.43. The van der Waals surface area contributed by atoms with Gasteiger partial charge in [-0.05, 0) is 38.8 Å². The Morgan fingerprint density at radius 2 is 2.12 bits per heavy atom. The van der Waals surface area contributed by atoms with Crippen LogP contribution in [-0.2, 0) is 6.54 Å². The Morgan fingerprint density at radius 3 is 2.83 bits per heavy atom. The van der Waals surface area contributed by atoms with Gasteiger partial charge in [0.05, 0.1) is 23.5 Å². The highest BCUT2D eigenvalue weighted by Gasteiger charge is 2.38. The van der Waals surface area contributed by atoms with E-state index in [1.54, 1.807) is 29.6 Å². The van der Waals surface area contributed by atoms with E-state index in [1.165, 1.54) is 0 Å². The highest BCUT2D eigenvalue weighted by molar-refractivity contribution is 5.75. The number of nitrogens with zero attached hydrogens (tertiary/aromatic N) is 3. The highest BCUT2D eigenvalue weighted by atomic mass is 16.3. The summed E-state index contributed by atoms with van der Waals surface area (Å²) in [5.74, 6) is 0. The first kappa shape index (κ1) is 16.5. The number of rotatable bonds is 4. The molecule has 2 heterocycles. The number of nitrogens with one attached hydrogen (secondary N) is 1. The van der Waals surface area contributed by atoms with Crippen LogP contribution in [0.5, 0.6) is 0 Å². The molecule has 3 rings (SSSR count). The molecule has 6 nitrogen and oxygen atoms in total. The molecule has 1 fully saturated rings. The molecular weight excluding hydrogens is 304 g/mol. The summed E-state index contributed by atoms with van der Waals surface area (Å²) in [6, 6.07) is 9.58. The zero-order valence-corrected chi connectivity index (χ0v) is 14.1. The van der Waals surface area contributed by atoms with Crippen LogP contribution in [0.2, 0.25) is 0 Å². The molecule has 1 aliphatic rings. The van der Waals surface area contributed by atoms with Crippen LogP contribution >= 0.6 is 0 Å². The lowest BCUT2D eigenvalue weighted by atomic mass is 9.97. The minimum absolute atomic E-state index is 0.132. The summed E-state index contributed by atoms with van der Waals surface area (Å²) >= 11 is 0. The number of urea groups is 1. The fourth-order valence-electron chi connectivity index (χ4n) is 3.20. The van der Waals surface area contributed by atoms with Crippen LogP contribution in [0.25, 0.3) is 5.69 Å². The van der Waals surface area contributed by atoms with Gasteiger partial charge in [-0.3, -0.25) is 0 Å². The number of amides is 2. The lowest BCUT2D eigenvalue weighted by molar-refractivity contribution is 0.00979. The summed E-state index contributed by atoms with van der Waals surface area (Å²) in [4.78, 5) is 14.2. The second kappa shape index (κ2) is 6.65. The molecule has 0 bridgehead atoms. The third kappa shape index (κ3) is 3.59. The third-order valence-corrected chi connectivity index (χ3v) is 4.43. The smallest absolute Gasteiger partial charge is 0.318 e. The van der Waals surface area contributed by atoms with E-state index >= 15 is 0 Å². The standard InChI is InChI=1S/C18H24N4O2/c1-18(2,24)16-9-6-10-21(16)17(23)19-11-14-12-20-22(13-14)15-7-4-3-5-8-15/h3-5,7-8,12-13,16,24H,6,9-11H2,1-2H3,(H,19,23). The van der Waals surface area contributed by atoms with Crippen LogP contribution in [0.3, 0.4) is 0 Å². The molecule has 0 radical (unpaired) electrons. The molecule has 6 heteroatoms. The van der Waals surface area contributed by atoms with Crippen molar-refractivity contribution in [1.82, 2.24) is 20.0 Å². The maximum atomic E-state index is 12.4. The number of para-hydroxylation sites is 1. The molecule has 1 saturated heterocycles. The molecule has 1 aromatic heterocycles. The maximum absolute atomic E-state index is 12.4. The Morgan fingerprint density at radius 1 is 1.38 bits per heavy atom. The van der Waals surface area contributed by atoms with Gasteiger partial charge in [-0.2, -0.15) is 5.10 Å². The Kier molecular flexibility index (Phi) is 4.57. The molecule has 128 valence electrons. The minimum atomic E-state index is -0.883. The van der Waals surface area contributed by atoms with Crippen molar-refractivity contribution in [3.8, 4) is 5.69 Å². The lowest BCUT2D eigenvalue weighted by Crippen LogP contribution is -2.51. The largest absolute Gasteiger partial charge is 0.388 e. The van der Waals surface area contributed by atoms with Gasteiger partial charge >= 0.3 is 6.03 Å². The molecule has 1 aliphatic heterocycles. The molecule has 2 aromatic rings. The van der Waals surface area contributed by atoms with Crippen LogP contribution in [0.1, 0.15) is 32.3 Å². The topological polar surface area (TPSA) is 70.4 Å². The van der Waals surface area contributed by atoms with Gasteiger partial charge in [-0.25, -0.2) is 9.48 Å². The van der Waals surface area contributed by atoms with Gasteiger partial charge in [0.2, 0.25) is 0 Å². The molecular formula is C18H24N4O2. The van der Waals surface area contributed by atoms with Crippen molar-refractivity contribution in [1.29, 1.82) is 0 Å². The van der Waals surface area contributed by atoms with E-state index in [0.717, 1.165) is 24.1 Å². The van der Waals surface area contributed by atoms with Gasteiger partial charge in [0.1, 0.15) is 0 Å². The number of aromatic nitrogens is 2. The fraction of sp³-hybridized carbons (Fsp3) is 0.444. The van der Waals surface area contributed by atoms with Crippen LogP contribution in [0.4, 0.5) is 4.79 Å². The van der Waals surface area contributed by atoms with Crippen LogP contribution in [0, 0.1) is 0 Å². The number of carbonyl (C=O) groups excluding carboxylic acids is 1. The third-order valence-electron chi connectivity index (χ3n) is 4.43. The van der Waals surface area contributed by atoms with E-state index < -0.39 is 5.60 Å². The Balaban J connectivity index is 1.60. The van der Waals surface area contributed by atoms with Gasteiger partial charge in [-0.15, -0.1) is 0 Å². The van der Waals surface area contributed by atoms with Crippen LogP contribution < -0.4 is 5.32 Å². The first-order chi connectivity index (χ1) is 11.4. The van der Waals surface area contributed by atoms with Gasteiger partial charge < -0.3 is 15.3 Å². The molecule has 2 amide bonds. The average Bonchev–Trinajstić information content (AvgIpc) is 3.22. The maximum Gasteiger partial charge on any atom is 0.318 e. The summed E-state index contributed by atoms with van der Waals surface area (Å²) < 4.78 is 1.79. The summed E-state index contributed by atoms with van der Waals surface area (Å²) in [5.41, 5.74) is 1.04. The number of likely N-dealkylation sites (tertiary alicyclic amines) is 1. The average molecular weight is 328 g/mol. The van der Waals surface area contributed by atoms with Crippen molar-refractivity contribution < 1.29 is 9.90 Å². The number of benzene rings is 1. The SMILES string of the molecule is CC(C)(O)C1CCCN1C(=O)NCc1cnn(-c2ccccc2)c1. The van der Waals surface area contributed by atoms with E-state index in [2.05, 4.69) is 10.4 Å². The van der Waals surface area contributed by atoms with E-state index in [-0.39, 0.29) is 12.1 Å². The summed E-state index contributed by atoms with van der Waals surface area (Å²) in [7, 11) is 0. The summed E-state index contributed by atoms with van der Waals surface area (Å²) in [5, 5.41) is 17.5. The van der Waals surface area contributed by atoms with E-state index in [0.29, 0.717) is 13.1 Å². The van der Waals surface area contributed by atoms with Crippen molar-refractivity contribution >= 4 is 6.03 Å². The molecule has 0 aliphatic carbocycles. The quantitative estimate of drug-likeness (QED) is 0.905. The Labute approximate surface area is 142 Å². The molecule has 0 saturated carbocycles. The molecule has 24 heavy (non-hydrogen) atoms. The first-order valence-electron chi connectivity index (χ1n) is 8.31. The first-order valence-corrected chi connectivity index (χ1v) is 8.31. The second-order valence-electron chi connectivity index (χ2n) is 6.79. The van der Waals surface area contributed by atoms with Crippen molar-refractivity contribution in [3.63, 3.8) is 0 Å². The van der Waals surface area contributed by atoms with Crippen molar-refractivity contribution in [2.75, 3.05) is 6.54 Å². The van der Waals surface area contributed by atoms with Crippen LogP contribution in [0.15, 0.2) is 42.7 Å². The second-order valence-corrected chi connectivity index (χ2v) is 6.79. The zero-order valence-electron chi connectivity index (χ0n) is 14.1. The molecule has 1 atom stereocenters. The van der Waals surface area contributed by atoms with Gasteiger partial charge in [0.25, 0.3) is 0 Å². The number of carbonyl (C=O) groups is 1. The number of aliphatic hydroxyl groups is 1. The molecule has 0 spiro atoms. The van der Waals surface area contributed by atoms with Gasteiger partial charge in [0, 0.05) is 24.8 Å². The lowest BCUT2D eigenvalue weighted by Gasteiger charge is -2.33. The van der Waals surface area contributed by atoms with Gasteiger partial charge in [0.15, 0.2) is 0 Å². The normalized spacial score (nSPS) is 18.0. The Bertz CT molecular complexity index is 691. The van der Waals surface area contributed by atoms with Crippen molar-refractivity contribution in [2.45, 2.75) is 44.9 Å².